The maximum absolute atomic E-state index is 11.7. The second kappa shape index (κ2) is 6.33. The lowest BCUT2D eigenvalue weighted by molar-refractivity contribution is -0.111. The Hall–Kier alpha value is -1.88. The second-order valence-electron chi connectivity index (χ2n) is 4.01. The predicted octanol–water partition coefficient (Wildman–Crippen LogP) is 3.39. The first kappa shape index (κ1) is 13.5. The fourth-order valence-corrected chi connectivity index (χ4v) is 1.78. The Balaban J connectivity index is 1.95. The highest BCUT2D eigenvalue weighted by Gasteiger charge is 2.02. The Morgan fingerprint density at radius 2 is 2.16 bits per heavy atom. The van der Waals surface area contributed by atoms with E-state index in [0.29, 0.717) is 5.82 Å². The molecular formula is C14H14BrN3O. The van der Waals surface area contributed by atoms with E-state index in [1.54, 1.807) is 6.08 Å². The van der Waals surface area contributed by atoms with Crippen molar-refractivity contribution in [1.82, 2.24) is 10.2 Å². The lowest BCUT2D eigenvalue weighted by Crippen LogP contribution is -2.07. The van der Waals surface area contributed by atoms with Crippen LogP contribution in [0.1, 0.15) is 18.2 Å². The van der Waals surface area contributed by atoms with Gasteiger partial charge < -0.3 is 5.32 Å². The van der Waals surface area contributed by atoms with E-state index in [1.807, 2.05) is 37.3 Å². The van der Waals surface area contributed by atoms with Gasteiger partial charge in [-0.15, -0.1) is 0 Å². The minimum Gasteiger partial charge on any atom is -0.306 e. The highest BCUT2D eigenvalue weighted by Crippen LogP contribution is 2.11. The van der Waals surface area contributed by atoms with Gasteiger partial charge in [-0.1, -0.05) is 35.0 Å². The molecule has 0 spiro atoms. The van der Waals surface area contributed by atoms with Crippen molar-refractivity contribution in [3.8, 4) is 0 Å². The van der Waals surface area contributed by atoms with Gasteiger partial charge in [-0.3, -0.25) is 9.89 Å². The Kier molecular flexibility index (Phi) is 4.52. The SMILES string of the molecule is CCc1cc(NC(=O)/C=C/c2ccc(Br)cc2)n[nH]1. The maximum Gasteiger partial charge on any atom is 0.249 e. The van der Waals surface area contributed by atoms with E-state index < -0.39 is 0 Å². The summed E-state index contributed by atoms with van der Waals surface area (Å²) in [5.41, 5.74) is 1.96. The number of anilines is 1. The molecule has 2 rings (SSSR count). The van der Waals surface area contributed by atoms with E-state index in [-0.39, 0.29) is 5.91 Å². The summed E-state index contributed by atoms with van der Waals surface area (Å²) in [5.74, 6) is 0.347. The lowest BCUT2D eigenvalue weighted by Gasteiger charge is -1.96. The summed E-state index contributed by atoms with van der Waals surface area (Å²) < 4.78 is 1.01. The van der Waals surface area contributed by atoms with Crippen molar-refractivity contribution in [2.75, 3.05) is 5.32 Å². The van der Waals surface area contributed by atoms with Gasteiger partial charge in [0.2, 0.25) is 5.91 Å². The van der Waals surface area contributed by atoms with Crippen LogP contribution >= 0.6 is 15.9 Å². The van der Waals surface area contributed by atoms with Gasteiger partial charge in [0.1, 0.15) is 0 Å². The molecule has 0 atom stereocenters. The number of aromatic nitrogens is 2. The van der Waals surface area contributed by atoms with Gasteiger partial charge >= 0.3 is 0 Å². The molecule has 1 aromatic heterocycles. The molecule has 1 heterocycles. The largest absolute Gasteiger partial charge is 0.306 e. The molecule has 2 aromatic rings. The second-order valence-corrected chi connectivity index (χ2v) is 4.92. The molecule has 5 heteroatoms. The average Bonchev–Trinajstić information content (AvgIpc) is 2.86. The van der Waals surface area contributed by atoms with E-state index in [0.717, 1.165) is 22.2 Å². The summed E-state index contributed by atoms with van der Waals surface area (Å²) in [6, 6.07) is 9.54. The molecule has 0 saturated carbocycles. The summed E-state index contributed by atoms with van der Waals surface area (Å²) in [5, 5.41) is 9.54. The summed E-state index contributed by atoms with van der Waals surface area (Å²) >= 11 is 3.36. The van der Waals surface area contributed by atoms with Crippen molar-refractivity contribution in [2.45, 2.75) is 13.3 Å². The highest BCUT2D eigenvalue weighted by molar-refractivity contribution is 9.10. The molecule has 0 fully saturated rings. The number of halogens is 1. The van der Waals surface area contributed by atoms with Crippen LogP contribution in [0.25, 0.3) is 6.08 Å². The molecule has 1 amide bonds. The van der Waals surface area contributed by atoms with Crippen LogP contribution in [0.4, 0.5) is 5.82 Å². The van der Waals surface area contributed by atoms with E-state index in [1.165, 1.54) is 6.08 Å². The van der Waals surface area contributed by atoms with Crippen molar-refractivity contribution in [3.05, 3.63) is 52.1 Å². The molecule has 4 nitrogen and oxygen atoms in total. The normalized spacial score (nSPS) is 10.8. The number of aryl methyl sites for hydroxylation is 1. The number of hydrogen-bond acceptors (Lipinski definition) is 2. The van der Waals surface area contributed by atoms with Crippen LogP contribution in [0.3, 0.4) is 0 Å². The van der Waals surface area contributed by atoms with Crippen molar-refractivity contribution in [3.63, 3.8) is 0 Å². The number of nitrogens with zero attached hydrogens (tertiary/aromatic N) is 1. The molecule has 0 bridgehead atoms. The molecule has 0 aliphatic heterocycles. The van der Waals surface area contributed by atoms with Crippen LogP contribution in [0.15, 0.2) is 40.9 Å². The van der Waals surface area contributed by atoms with Gasteiger partial charge in [0.25, 0.3) is 0 Å². The van der Waals surface area contributed by atoms with Crippen LogP contribution in [0, 0.1) is 0 Å². The minimum atomic E-state index is -0.197. The van der Waals surface area contributed by atoms with Crippen molar-refractivity contribution in [1.29, 1.82) is 0 Å². The number of aromatic amines is 1. The fourth-order valence-electron chi connectivity index (χ4n) is 1.52. The molecule has 1 aromatic carbocycles. The molecular weight excluding hydrogens is 306 g/mol. The molecule has 0 saturated heterocycles. The topological polar surface area (TPSA) is 57.8 Å². The Labute approximate surface area is 120 Å². The fraction of sp³-hybridized carbons (Fsp3) is 0.143. The van der Waals surface area contributed by atoms with Gasteiger partial charge in [0, 0.05) is 22.3 Å². The number of carbonyl (C=O) groups excluding carboxylic acids is 1. The molecule has 0 aliphatic rings. The number of hydrogen-bond donors (Lipinski definition) is 2. The first-order valence-electron chi connectivity index (χ1n) is 5.96. The van der Waals surface area contributed by atoms with Crippen LogP contribution in [-0.2, 0) is 11.2 Å². The molecule has 0 unspecified atom stereocenters. The number of rotatable bonds is 4. The number of benzene rings is 1. The zero-order chi connectivity index (χ0) is 13.7. The van der Waals surface area contributed by atoms with Crippen molar-refractivity contribution >= 4 is 33.7 Å². The third kappa shape index (κ3) is 4.06. The predicted molar refractivity (Wildman–Crippen MR) is 79.8 cm³/mol. The average molecular weight is 320 g/mol. The van der Waals surface area contributed by atoms with Crippen LogP contribution in [0.5, 0.6) is 0 Å². The zero-order valence-electron chi connectivity index (χ0n) is 10.5. The molecule has 19 heavy (non-hydrogen) atoms. The van der Waals surface area contributed by atoms with E-state index in [4.69, 9.17) is 0 Å². The van der Waals surface area contributed by atoms with Gasteiger partial charge in [-0.25, -0.2) is 0 Å². The number of nitrogens with one attached hydrogen (secondary N) is 2. The third-order valence-electron chi connectivity index (χ3n) is 2.56. The minimum absolute atomic E-state index is 0.197. The zero-order valence-corrected chi connectivity index (χ0v) is 12.1. The van der Waals surface area contributed by atoms with E-state index in [9.17, 15) is 4.79 Å². The molecule has 0 radical (unpaired) electrons. The highest BCUT2D eigenvalue weighted by atomic mass is 79.9. The monoisotopic (exact) mass is 319 g/mol. The number of H-pyrrole nitrogens is 1. The van der Waals surface area contributed by atoms with Gasteiger partial charge in [-0.05, 0) is 30.2 Å². The third-order valence-corrected chi connectivity index (χ3v) is 3.09. The van der Waals surface area contributed by atoms with Crippen LogP contribution in [-0.4, -0.2) is 16.1 Å². The molecule has 0 aliphatic carbocycles. The van der Waals surface area contributed by atoms with Crippen LogP contribution in [0.2, 0.25) is 0 Å². The van der Waals surface area contributed by atoms with Crippen LogP contribution < -0.4 is 5.32 Å². The summed E-state index contributed by atoms with van der Waals surface area (Å²) in [7, 11) is 0. The number of carbonyl (C=O) groups is 1. The van der Waals surface area contributed by atoms with Gasteiger partial charge in [-0.2, -0.15) is 5.10 Å². The molecule has 98 valence electrons. The summed E-state index contributed by atoms with van der Waals surface area (Å²) in [6.45, 7) is 2.02. The Morgan fingerprint density at radius 1 is 1.42 bits per heavy atom. The van der Waals surface area contributed by atoms with E-state index in [2.05, 4.69) is 31.4 Å². The van der Waals surface area contributed by atoms with E-state index >= 15 is 0 Å². The van der Waals surface area contributed by atoms with Crippen molar-refractivity contribution in [2.24, 2.45) is 0 Å². The Morgan fingerprint density at radius 3 is 2.79 bits per heavy atom. The summed E-state index contributed by atoms with van der Waals surface area (Å²) in [6.07, 6.45) is 4.11. The summed E-state index contributed by atoms with van der Waals surface area (Å²) in [4.78, 5) is 11.7. The van der Waals surface area contributed by atoms with Gasteiger partial charge in [0.05, 0.1) is 0 Å². The Bertz CT molecular complexity index is 587. The smallest absolute Gasteiger partial charge is 0.249 e. The molecule has 2 N–H and O–H groups in total. The number of amides is 1. The maximum atomic E-state index is 11.7. The first-order valence-corrected chi connectivity index (χ1v) is 6.75. The van der Waals surface area contributed by atoms with Gasteiger partial charge in [0.15, 0.2) is 5.82 Å². The quantitative estimate of drug-likeness (QED) is 0.849. The van der Waals surface area contributed by atoms with Crippen molar-refractivity contribution < 1.29 is 4.79 Å². The standard InChI is InChI=1S/C14H14BrN3O/c1-2-12-9-13(18-17-12)16-14(19)8-5-10-3-6-11(15)7-4-10/h3-9H,2H2,1H3,(H2,16,17,18,19)/b8-5+. The lowest BCUT2D eigenvalue weighted by atomic mass is 10.2. The first-order chi connectivity index (χ1) is 9.17.